The lowest BCUT2D eigenvalue weighted by molar-refractivity contribution is -0.0996. The third-order valence-corrected chi connectivity index (χ3v) is 16.7. The summed E-state index contributed by atoms with van der Waals surface area (Å²) in [6.45, 7) is 6.98. The van der Waals surface area contributed by atoms with Gasteiger partial charge in [-0.1, -0.05) is 97.4 Å². The minimum atomic E-state index is -3.69. The Balaban J connectivity index is 0.000000170. The van der Waals surface area contributed by atoms with Crippen LogP contribution in [0.15, 0.2) is 144 Å². The summed E-state index contributed by atoms with van der Waals surface area (Å²) in [5, 5.41) is 0.691. The highest BCUT2D eigenvalue weighted by Crippen LogP contribution is 2.53. The first-order valence-corrected chi connectivity index (χ1v) is 24.1. The predicted octanol–water partition coefficient (Wildman–Crippen LogP) is 9.45. The van der Waals surface area contributed by atoms with E-state index in [1.807, 2.05) is 81.4 Å². The van der Waals surface area contributed by atoms with Gasteiger partial charge in [0, 0.05) is 49.3 Å². The molecule has 0 aliphatic carbocycles. The number of ether oxygens (including phenoxy) is 2. The fraction of sp³-hybridized carbons (Fsp3) is 0.327. The molecule has 0 amide bonds. The summed E-state index contributed by atoms with van der Waals surface area (Å²) in [5.74, 6) is 0. The normalized spacial score (nSPS) is 23.0. The van der Waals surface area contributed by atoms with Crippen molar-refractivity contribution in [1.29, 1.82) is 0 Å². The molecule has 11 nitrogen and oxygen atoms in total. The number of fused-ring (bicyclic) bond motifs is 4. The quantitative estimate of drug-likeness (QED) is 0.160. The van der Waals surface area contributed by atoms with Gasteiger partial charge in [0.25, 0.3) is 10.0 Å². The number of halogens is 1. The Kier molecular flexibility index (Phi) is 12.5. The van der Waals surface area contributed by atoms with E-state index in [4.69, 9.17) is 21.1 Å². The van der Waals surface area contributed by atoms with E-state index in [2.05, 4.69) is 39.2 Å². The van der Waals surface area contributed by atoms with E-state index in [9.17, 15) is 16.8 Å². The molecule has 0 saturated carbocycles. The van der Waals surface area contributed by atoms with Crippen LogP contribution in [-0.4, -0.2) is 66.1 Å². The van der Waals surface area contributed by atoms with Crippen LogP contribution in [0.2, 0.25) is 5.02 Å². The second-order valence-corrected chi connectivity index (χ2v) is 20.8. The molecule has 2 spiro atoms. The Morgan fingerprint density at radius 1 is 0.635 bits per heavy atom. The summed E-state index contributed by atoms with van der Waals surface area (Å²) in [4.78, 5) is 13.5. The Bertz CT molecular complexity index is 2810. The van der Waals surface area contributed by atoms with Crippen LogP contribution in [0, 0.1) is 13.8 Å². The molecule has 0 N–H and O–H groups in total. The van der Waals surface area contributed by atoms with E-state index in [0.717, 1.165) is 44.8 Å². The van der Waals surface area contributed by atoms with E-state index >= 15 is 0 Å². The molecule has 10 rings (SSSR count). The molecule has 0 bridgehead atoms. The smallest absolute Gasteiger partial charge is 0.260 e. The zero-order valence-electron chi connectivity index (χ0n) is 34.8. The number of aryl methyl sites for hydroxylation is 2. The summed E-state index contributed by atoms with van der Waals surface area (Å²) in [6.07, 6.45) is 6.84. The molecule has 3 aromatic heterocycles. The summed E-state index contributed by atoms with van der Waals surface area (Å²) in [7, 11) is -7.19. The van der Waals surface area contributed by atoms with Crippen molar-refractivity contribution in [2.24, 2.45) is 0 Å². The van der Waals surface area contributed by atoms with Crippen molar-refractivity contribution in [3.63, 3.8) is 0 Å². The van der Waals surface area contributed by atoms with Crippen LogP contribution in [0.5, 0.6) is 0 Å². The molecule has 14 heteroatoms. The van der Waals surface area contributed by atoms with Crippen molar-refractivity contribution in [2.45, 2.75) is 93.3 Å². The first kappa shape index (κ1) is 44.7. The maximum Gasteiger partial charge on any atom is 0.260 e. The second-order valence-electron chi connectivity index (χ2n) is 16.6. The van der Waals surface area contributed by atoms with Gasteiger partial charge in [-0.3, -0.25) is 9.97 Å². The van der Waals surface area contributed by atoms with Crippen LogP contribution in [0.25, 0.3) is 0 Å². The molecule has 4 unspecified atom stereocenters. The van der Waals surface area contributed by atoms with Crippen LogP contribution in [0.4, 0.5) is 0 Å². The minimum Gasteiger partial charge on any atom is -0.356 e. The molecule has 7 heterocycles. The van der Waals surface area contributed by atoms with Crippen LogP contribution in [-0.2, 0) is 40.7 Å². The second kappa shape index (κ2) is 17.6. The molecule has 4 aliphatic heterocycles. The number of pyridine rings is 3. The van der Waals surface area contributed by atoms with Crippen molar-refractivity contribution >= 4 is 31.6 Å². The van der Waals surface area contributed by atoms with Gasteiger partial charge in [0.05, 0.1) is 27.5 Å². The number of benzene rings is 3. The van der Waals surface area contributed by atoms with Crippen molar-refractivity contribution < 1.29 is 26.3 Å². The van der Waals surface area contributed by atoms with Crippen LogP contribution >= 0.6 is 11.6 Å². The SMILES string of the molecule is C.Cc1ccc(S(=O)(=O)N2CCC3(CC2)OC(c2ccccn2)c2ccccc23)cc1.Cc1ccc(S(=O)(=O)N2CCC3(CC2C)OC(c2cc(Cl)ccn2)c2ccccc23)nc1. The third-order valence-electron chi connectivity index (χ3n) is 12.6. The first-order chi connectivity index (χ1) is 29.8. The Hall–Kier alpha value is -4.86. The van der Waals surface area contributed by atoms with E-state index < -0.39 is 31.2 Å². The molecule has 4 aliphatic rings. The average molecular weight is 907 g/mol. The molecule has 4 atom stereocenters. The standard InChI is InChI=1S/C24H24ClN3O3S.C24H24N2O3S.CH4/c1-16-7-8-22(27-15-16)32(29,30)28-12-10-24(14-17(28)2)20-6-4-3-5-19(20)23(31-24)21-13-18(25)9-11-26-21;1-18-9-11-19(12-10-18)30(27,28)26-16-13-24(14-17-26)21-7-3-2-6-20(21)23(29-24)22-8-4-5-15-25-22;/h3-9,11,13,15,17,23H,10,12,14H2,1-2H3;2-12,15,23H,13-14,16-17H2,1H3;1H4. The summed E-state index contributed by atoms with van der Waals surface area (Å²) in [6, 6.07) is 36.0. The highest BCUT2D eigenvalue weighted by atomic mass is 35.5. The lowest BCUT2D eigenvalue weighted by atomic mass is 9.81. The number of sulfonamides is 2. The number of aromatic nitrogens is 3. The molecule has 2 saturated heterocycles. The lowest BCUT2D eigenvalue weighted by Crippen LogP contribution is -2.50. The average Bonchev–Trinajstić information content (AvgIpc) is 3.77. The van der Waals surface area contributed by atoms with E-state index in [0.29, 0.717) is 55.2 Å². The molecule has 328 valence electrons. The number of piperidine rings is 2. The largest absolute Gasteiger partial charge is 0.356 e. The zero-order valence-corrected chi connectivity index (χ0v) is 37.2. The van der Waals surface area contributed by atoms with Gasteiger partial charge in [0.15, 0.2) is 5.03 Å². The summed E-state index contributed by atoms with van der Waals surface area (Å²) >= 11 is 6.21. The highest BCUT2D eigenvalue weighted by Gasteiger charge is 2.52. The highest BCUT2D eigenvalue weighted by molar-refractivity contribution is 7.89. The van der Waals surface area contributed by atoms with Gasteiger partial charge in [-0.15, -0.1) is 0 Å². The van der Waals surface area contributed by atoms with Crippen molar-refractivity contribution in [3.8, 4) is 0 Å². The van der Waals surface area contributed by atoms with Gasteiger partial charge in [-0.2, -0.15) is 8.61 Å². The summed E-state index contributed by atoms with van der Waals surface area (Å²) in [5.41, 5.74) is 7.02. The Labute approximate surface area is 376 Å². The van der Waals surface area contributed by atoms with Gasteiger partial charge in [0.1, 0.15) is 12.2 Å². The molecule has 3 aromatic carbocycles. The molecule has 6 aromatic rings. The van der Waals surface area contributed by atoms with E-state index in [1.165, 1.54) is 0 Å². The monoisotopic (exact) mass is 905 g/mol. The number of rotatable bonds is 6. The van der Waals surface area contributed by atoms with Crippen molar-refractivity contribution in [1.82, 2.24) is 23.6 Å². The Morgan fingerprint density at radius 3 is 1.84 bits per heavy atom. The number of hydrogen-bond acceptors (Lipinski definition) is 9. The predicted molar refractivity (Wildman–Crippen MR) is 243 cm³/mol. The summed E-state index contributed by atoms with van der Waals surface area (Å²) < 4.78 is 69.3. The van der Waals surface area contributed by atoms with Crippen LogP contribution in [0.1, 0.15) is 97.0 Å². The van der Waals surface area contributed by atoms with Crippen LogP contribution in [0.3, 0.4) is 0 Å². The van der Waals surface area contributed by atoms with Crippen LogP contribution < -0.4 is 0 Å². The van der Waals surface area contributed by atoms with E-state index in [-0.39, 0.29) is 30.7 Å². The first-order valence-electron chi connectivity index (χ1n) is 20.9. The topological polar surface area (TPSA) is 132 Å². The minimum absolute atomic E-state index is 0. The zero-order chi connectivity index (χ0) is 43.3. The van der Waals surface area contributed by atoms with Crippen molar-refractivity contribution in [3.05, 3.63) is 184 Å². The lowest BCUT2D eigenvalue weighted by Gasteiger charge is -2.43. The molecule has 2 fully saturated rings. The van der Waals surface area contributed by atoms with Gasteiger partial charge >= 0.3 is 0 Å². The number of nitrogens with zero attached hydrogens (tertiary/aromatic N) is 5. The van der Waals surface area contributed by atoms with Crippen molar-refractivity contribution in [2.75, 3.05) is 19.6 Å². The van der Waals surface area contributed by atoms with Gasteiger partial charge in [-0.05, 0) is 117 Å². The molecular formula is C49H52ClN5O6S2. The van der Waals surface area contributed by atoms with Gasteiger partial charge < -0.3 is 9.47 Å². The maximum atomic E-state index is 13.3. The molecule has 63 heavy (non-hydrogen) atoms. The fourth-order valence-corrected chi connectivity index (χ4v) is 12.6. The molecule has 0 radical (unpaired) electrons. The van der Waals surface area contributed by atoms with Gasteiger partial charge in [0.2, 0.25) is 10.0 Å². The van der Waals surface area contributed by atoms with E-state index in [1.54, 1.807) is 57.5 Å². The molecular weight excluding hydrogens is 854 g/mol. The fourth-order valence-electron chi connectivity index (χ4n) is 9.48. The Morgan fingerprint density at radius 2 is 1.22 bits per heavy atom. The van der Waals surface area contributed by atoms with Gasteiger partial charge in [-0.25, -0.2) is 21.8 Å². The number of hydrogen-bond donors (Lipinski definition) is 0. The third kappa shape index (κ3) is 8.36. The maximum absolute atomic E-state index is 13.3.